The third-order valence-electron chi connectivity index (χ3n) is 17.0. The number of anilines is 4. The second-order valence-electron chi connectivity index (χ2n) is 26.2. The van der Waals surface area contributed by atoms with Crippen molar-refractivity contribution in [2.24, 2.45) is 23.7 Å². The zero-order valence-corrected chi connectivity index (χ0v) is 55.2. The number of hydrogen-bond donors (Lipinski definition) is 2. The number of fused-ring (bicyclic) bond motifs is 2. The van der Waals surface area contributed by atoms with Crippen LogP contribution in [0.15, 0.2) is 97.1 Å². The molecule has 0 unspecified atom stereocenters. The molecule has 7 rings (SSSR count). The maximum absolute atomic E-state index is 15.2. The third-order valence-corrected chi connectivity index (χ3v) is 17.0. The first kappa shape index (κ1) is 69.3. The number of rotatable bonds is 16. The molecular weight excluding hydrogens is 1140 g/mol. The lowest BCUT2D eigenvalue weighted by Crippen LogP contribution is -2.55. The number of benzene rings is 4. The van der Waals surface area contributed by atoms with E-state index in [1.807, 2.05) is 140 Å². The number of nitrogens with one attached hydrogen (secondary N) is 2. The maximum Gasteiger partial charge on any atom is 0.329 e. The lowest BCUT2D eigenvalue weighted by Gasteiger charge is -2.35. The Morgan fingerprint density at radius 1 is 0.389 bits per heavy atom. The summed E-state index contributed by atoms with van der Waals surface area (Å²) in [6, 6.07) is 26.4. The van der Waals surface area contributed by atoms with Crippen LogP contribution in [0.3, 0.4) is 0 Å². The van der Waals surface area contributed by atoms with Gasteiger partial charge in [0.1, 0.15) is 24.2 Å². The molecule has 1 fully saturated rings. The second-order valence-corrected chi connectivity index (χ2v) is 26.2. The first-order valence-electron chi connectivity index (χ1n) is 31.9. The summed E-state index contributed by atoms with van der Waals surface area (Å²) in [5, 5.41) is 6.89. The van der Waals surface area contributed by atoms with E-state index in [0.717, 1.165) is 69.9 Å². The number of carbonyl (C=O) groups excluding carboxylic acids is 8. The minimum absolute atomic E-state index is 0.0871. The summed E-state index contributed by atoms with van der Waals surface area (Å²) in [5.41, 5.74) is 7.54. The van der Waals surface area contributed by atoms with E-state index in [1.165, 1.54) is 51.8 Å². The van der Waals surface area contributed by atoms with E-state index in [-0.39, 0.29) is 62.2 Å². The molecule has 1 saturated heterocycles. The molecule has 2 N–H and O–H groups in total. The van der Waals surface area contributed by atoms with Crippen LogP contribution in [0.5, 0.6) is 0 Å². The van der Waals surface area contributed by atoms with Crippen LogP contribution in [0, 0.1) is 23.7 Å². The number of cyclic esters (lactones) is 4. The smallest absolute Gasteiger partial charge is 0.329 e. The largest absolute Gasteiger partial charge is 0.451 e. The molecule has 0 saturated carbocycles. The molecule has 4 aromatic rings. The highest BCUT2D eigenvalue weighted by molar-refractivity contribution is 5.94. The van der Waals surface area contributed by atoms with Crippen molar-refractivity contribution in [3.05, 3.63) is 119 Å². The van der Waals surface area contributed by atoms with Gasteiger partial charge in [0.05, 0.1) is 22.7 Å². The van der Waals surface area contributed by atoms with Crippen molar-refractivity contribution >= 4 is 70.3 Å². The molecule has 8 atom stereocenters. The molecule has 0 aliphatic carbocycles. The van der Waals surface area contributed by atoms with Crippen molar-refractivity contribution in [3.8, 4) is 0 Å². The molecule has 4 amide bonds. The predicted molar refractivity (Wildman–Crippen MR) is 347 cm³/mol. The number of ether oxygens (including phenoxy) is 4. The quantitative estimate of drug-likeness (QED) is 0.0794. The Bertz CT molecular complexity index is 2910. The summed E-state index contributed by atoms with van der Waals surface area (Å²) in [6.07, 6.45) is -5.92. The van der Waals surface area contributed by atoms with Crippen LogP contribution < -0.4 is 20.4 Å². The Hall–Kier alpha value is -8.16. The van der Waals surface area contributed by atoms with E-state index in [0.29, 0.717) is 24.2 Å². The van der Waals surface area contributed by atoms with Crippen molar-refractivity contribution in [2.75, 3.05) is 74.8 Å². The molecule has 0 radical (unpaired) electrons. The van der Waals surface area contributed by atoms with Crippen LogP contribution in [-0.4, -0.2) is 170 Å². The highest BCUT2D eigenvalue weighted by Gasteiger charge is 2.43. The van der Waals surface area contributed by atoms with Gasteiger partial charge in [-0.3, -0.25) is 19.2 Å². The molecule has 3 aliphatic heterocycles. The fourth-order valence-electron chi connectivity index (χ4n) is 11.9. The summed E-state index contributed by atoms with van der Waals surface area (Å²) in [5.74, 6) is -7.34. The second kappa shape index (κ2) is 31.5. The van der Waals surface area contributed by atoms with Gasteiger partial charge < -0.3 is 59.0 Å². The summed E-state index contributed by atoms with van der Waals surface area (Å²) in [4.78, 5) is 128. The fraction of sp³-hybridized carbons (Fsp3) is 0.543. The van der Waals surface area contributed by atoms with Crippen molar-refractivity contribution < 1.29 is 57.3 Å². The standard InChI is InChI=1S/C70H96N8O12/c1-43(2)35-57-67(83)87-47(9)63(79)73(11)60(38-46(7)8)70(86)90-62(40-50-25-29-52(30-26-50)42-78-34-32-72-54-20-16-18-22-56(54)78)66(82)76(14)58(36-44(3)4)68(84)88-48(10)64(80)74(12)59(37-45(5)6)69(85)89-61(65(81)75(57)13)39-49-23-27-51(28-24-49)41-77-33-31-71-53-19-15-17-21-55(53)77/h15-30,43-48,57-62,71-72H,31-42H2,1-14H3/t47-,48-,57+,58+,59+,60+,61-,62-/m1/s1. The van der Waals surface area contributed by atoms with Gasteiger partial charge in [0.2, 0.25) is 0 Å². The molecule has 4 aromatic carbocycles. The van der Waals surface area contributed by atoms with Crippen LogP contribution in [0.25, 0.3) is 0 Å². The number of para-hydroxylation sites is 4. The Morgan fingerprint density at radius 2 is 0.667 bits per heavy atom. The summed E-state index contributed by atoms with van der Waals surface area (Å²) < 4.78 is 24.5. The van der Waals surface area contributed by atoms with Gasteiger partial charge in [0, 0.05) is 80.3 Å². The number of esters is 4. The maximum atomic E-state index is 15.2. The number of amides is 4. The van der Waals surface area contributed by atoms with Gasteiger partial charge in [-0.2, -0.15) is 0 Å². The molecular formula is C70H96N8O12. The Morgan fingerprint density at radius 3 is 0.978 bits per heavy atom. The van der Waals surface area contributed by atoms with Gasteiger partial charge in [-0.15, -0.1) is 0 Å². The van der Waals surface area contributed by atoms with Crippen molar-refractivity contribution in [2.45, 2.75) is 169 Å². The monoisotopic (exact) mass is 1240 g/mol. The van der Waals surface area contributed by atoms with E-state index in [9.17, 15) is 28.8 Å². The molecule has 3 aliphatic rings. The van der Waals surface area contributed by atoms with Gasteiger partial charge in [0.15, 0.2) is 24.4 Å². The van der Waals surface area contributed by atoms with Gasteiger partial charge in [-0.05, 0) is 110 Å². The molecule has 90 heavy (non-hydrogen) atoms. The van der Waals surface area contributed by atoms with Crippen LogP contribution in [-0.2, 0) is 83.2 Å². The van der Waals surface area contributed by atoms with Crippen LogP contribution in [0.2, 0.25) is 0 Å². The third kappa shape index (κ3) is 18.0. The lowest BCUT2D eigenvalue weighted by molar-refractivity contribution is -0.176. The van der Waals surface area contributed by atoms with Gasteiger partial charge in [0.25, 0.3) is 23.6 Å². The minimum Gasteiger partial charge on any atom is -0.451 e. The predicted octanol–water partition coefficient (Wildman–Crippen LogP) is 8.53. The average Bonchev–Trinajstić information content (AvgIpc) is 1.19. The molecule has 20 heteroatoms. The average molecular weight is 1240 g/mol. The van der Waals surface area contributed by atoms with E-state index in [4.69, 9.17) is 18.9 Å². The Labute approximate surface area is 532 Å². The molecule has 488 valence electrons. The number of hydrogen-bond acceptors (Lipinski definition) is 16. The Kier molecular flexibility index (Phi) is 24.3. The lowest BCUT2D eigenvalue weighted by atomic mass is 9.99. The molecule has 0 spiro atoms. The van der Waals surface area contributed by atoms with Crippen molar-refractivity contribution in [1.82, 2.24) is 19.6 Å². The van der Waals surface area contributed by atoms with Gasteiger partial charge in [-0.1, -0.05) is 128 Å². The molecule has 3 heterocycles. The van der Waals surface area contributed by atoms with Gasteiger partial charge >= 0.3 is 23.9 Å². The van der Waals surface area contributed by atoms with E-state index in [1.54, 1.807) is 0 Å². The fourth-order valence-corrected chi connectivity index (χ4v) is 11.9. The zero-order chi connectivity index (χ0) is 65.7. The molecule has 0 aromatic heterocycles. The number of nitrogens with zero attached hydrogens (tertiary/aromatic N) is 6. The zero-order valence-electron chi connectivity index (χ0n) is 55.2. The highest BCUT2D eigenvalue weighted by Crippen LogP contribution is 2.32. The summed E-state index contributed by atoms with van der Waals surface area (Å²) >= 11 is 0. The van der Waals surface area contributed by atoms with Gasteiger partial charge in [-0.25, -0.2) is 19.2 Å². The van der Waals surface area contributed by atoms with E-state index >= 15 is 9.59 Å². The van der Waals surface area contributed by atoms with Crippen molar-refractivity contribution in [1.29, 1.82) is 0 Å². The normalized spacial score (nSPS) is 23.3. The van der Waals surface area contributed by atoms with Crippen LogP contribution >= 0.6 is 0 Å². The molecule has 0 bridgehead atoms. The highest BCUT2D eigenvalue weighted by atomic mass is 16.6. The van der Waals surface area contributed by atoms with Crippen LogP contribution in [0.4, 0.5) is 22.7 Å². The Balaban J connectivity index is 1.23. The van der Waals surface area contributed by atoms with Crippen molar-refractivity contribution in [3.63, 3.8) is 0 Å². The number of carbonyl (C=O) groups is 8. The summed E-state index contributed by atoms with van der Waals surface area (Å²) in [6.45, 7) is 22.0. The molecule has 20 nitrogen and oxygen atoms in total. The first-order valence-corrected chi connectivity index (χ1v) is 31.9. The number of likely N-dealkylation sites (N-methyl/N-ethyl adjacent to an activating group) is 4. The minimum atomic E-state index is -1.53. The van der Waals surface area contributed by atoms with Crippen LogP contribution in [0.1, 0.15) is 117 Å². The summed E-state index contributed by atoms with van der Waals surface area (Å²) in [7, 11) is 5.65. The van der Waals surface area contributed by atoms with E-state index in [2.05, 4.69) is 32.6 Å². The first-order chi connectivity index (χ1) is 42.7. The van der Waals surface area contributed by atoms with E-state index < -0.39 is 96.1 Å². The topological polar surface area (TPSA) is 217 Å². The SMILES string of the molecule is CC(C)C[C@H]1C(=O)O[C@H](Cc2ccc(CN3CCNc4ccccc43)cc2)C(=O)N(C)[C@@H](CC(C)C)C(=O)O[C@H](C)C(=O)N(C)[C@@H](CC(C)C)C(=O)O[C@H](Cc2ccc(CN3CCNc4ccccc43)cc2)C(=O)N(C)[C@@H](CC(C)C)C(=O)O[C@H](C)C(=O)N1C.